The lowest BCUT2D eigenvalue weighted by Crippen LogP contribution is -2.20. The molecule has 0 fully saturated rings. The number of methoxy groups -OCH3 is 1. The molecule has 3 N–H and O–H groups in total. The van der Waals surface area contributed by atoms with Gasteiger partial charge in [0.1, 0.15) is 17.1 Å². The van der Waals surface area contributed by atoms with Gasteiger partial charge in [0.25, 0.3) is 0 Å². The molecule has 3 aromatic rings. The largest absolute Gasteiger partial charge is 0.508 e. The number of phenolic OH excluding ortho intramolecular Hbond substituents is 2. The second kappa shape index (κ2) is 7.43. The lowest BCUT2D eigenvalue weighted by Gasteiger charge is -2.10. The van der Waals surface area contributed by atoms with E-state index in [1.165, 1.54) is 37.4 Å². The smallest absolute Gasteiger partial charge is 0.340 e. The number of fused-ring (bicyclic) bond motifs is 1. The van der Waals surface area contributed by atoms with E-state index in [0.717, 1.165) is 6.07 Å². The maximum Gasteiger partial charge on any atom is 0.340 e. The maximum atomic E-state index is 12.4. The summed E-state index contributed by atoms with van der Waals surface area (Å²) in [5, 5.41) is 22.5. The number of carbonyl (C=O) groups excluding carboxylic acids is 2. The molecule has 1 amide bonds. The third kappa shape index (κ3) is 3.66. The van der Waals surface area contributed by atoms with Crippen LogP contribution in [0.15, 0.2) is 45.6 Å². The van der Waals surface area contributed by atoms with E-state index in [1.54, 1.807) is 6.92 Å². The van der Waals surface area contributed by atoms with Crippen molar-refractivity contribution in [3.05, 3.63) is 63.5 Å². The Hall–Kier alpha value is -3.81. The highest BCUT2D eigenvalue weighted by atomic mass is 16.5. The molecule has 8 nitrogen and oxygen atoms in total. The lowest BCUT2D eigenvalue weighted by atomic mass is 10.0. The van der Waals surface area contributed by atoms with Crippen molar-refractivity contribution < 1.29 is 29.0 Å². The molecule has 0 atom stereocenters. The van der Waals surface area contributed by atoms with E-state index in [-0.39, 0.29) is 34.5 Å². The Bertz CT molecular complexity index is 1130. The van der Waals surface area contributed by atoms with Gasteiger partial charge in [0.05, 0.1) is 30.0 Å². The Morgan fingerprint density at radius 1 is 1.14 bits per heavy atom. The summed E-state index contributed by atoms with van der Waals surface area (Å²) in [7, 11) is 1.27. The molecule has 8 heteroatoms. The molecule has 0 saturated heterocycles. The summed E-state index contributed by atoms with van der Waals surface area (Å²) in [6, 6.07) is 8.42. The topological polar surface area (TPSA) is 126 Å². The second-order valence-corrected chi connectivity index (χ2v) is 6.12. The van der Waals surface area contributed by atoms with Crippen molar-refractivity contribution in [1.29, 1.82) is 0 Å². The number of phenols is 2. The van der Waals surface area contributed by atoms with E-state index in [2.05, 4.69) is 10.1 Å². The Morgan fingerprint density at radius 3 is 2.46 bits per heavy atom. The number of ether oxygens (including phenoxy) is 1. The highest BCUT2D eigenvalue weighted by molar-refractivity contribution is 5.95. The van der Waals surface area contributed by atoms with Crippen molar-refractivity contribution in [2.75, 3.05) is 12.4 Å². The number of benzene rings is 2. The van der Waals surface area contributed by atoms with Gasteiger partial charge in [0.2, 0.25) is 5.91 Å². The van der Waals surface area contributed by atoms with Crippen molar-refractivity contribution in [1.82, 2.24) is 0 Å². The van der Waals surface area contributed by atoms with Gasteiger partial charge in [-0.1, -0.05) is 0 Å². The number of amides is 1. The molecule has 0 bridgehead atoms. The van der Waals surface area contributed by atoms with Crippen LogP contribution < -0.4 is 10.9 Å². The summed E-state index contributed by atoms with van der Waals surface area (Å²) in [5.74, 6) is -1.46. The molecule has 1 aromatic heterocycles. The molecule has 0 radical (unpaired) electrons. The fourth-order valence-corrected chi connectivity index (χ4v) is 2.89. The molecular weight excluding hydrogens is 366 g/mol. The first kappa shape index (κ1) is 19.0. The van der Waals surface area contributed by atoms with Crippen LogP contribution in [0, 0.1) is 6.92 Å². The number of hydrogen-bond donors (Lipinski definition) is 3. The van der Waals surface area contributed by atoms with E-state index in [1.807, 2.05) is 0 Å². The Morgan fingerprint density at radius 2 is 1.82 bits per heavy atom. The third-order valence-corrected chi connectivity index (χ3v) is 4.27. The summed E-state index contributed by atoms with van der Waals surface area (Å²) < 4.78 is 9.74. The lowest BCUT2D eigenvalue weighted by molar-refractivity contribution is -0.115. The first-order valence-corrected chi connectivity index (χ1v) is 8.26. The Balaban J connectivity index is 1.85. The monoisotopic (exact) mass is 383 g/mol. The van der Waals surface area contributed by atoms with Crippen molar-refractivity contribution in [2.24, 2.45) is 0 Å². The van der Waals surface area contributed by atoms with Gasteiger partial charge < -0.3 is 24.7 Å². The van der Waals surface area contributed by atoms with Crippen LogP contribution in [0.1, 0.15) is 21.5 Å². The highest BCUT2D eigenvalue weighted by Crippen LogP contribution is 2.32. The fourth-order valence-electron chi connectivity index (χ4n) is 2.89. The van der Waals surface area contributed by atoms with Crippen molar-refractivity contribution in [3.63, 3.8) is 0 Å². The zero-order chi connectivity index (χ0) is 20.4. The normalized spacial score (nSPS) is 10.6. The van der Waals surface area contributed by atoms with Crippen LogP contribution in [-0.4, -0.2) is 29.2 Å². The maximum absolute atomic E-state index is 12.4. The number of rotatable bonds is 4. The number of aromatic hydroxyl groups is 2. The van der Waals surface area contributed by atoms with Crippen molar-refractivity contribution in [3.8, 4) is 11.5 Å². The molecule has 0 unspecified atom stereocenters. The van der Waals surface area contributed by atoms with E-state index in [4.69, 9.17) is 4.42 Å². The number of esters is 1. The summed E-state index contributed by atoms with van der Waals surface area (Å²) in [6.45, 7) is 1.59. The minimum Gasteiger partial charge on any atom is -0.508 e. The van der Waals surface area contributed by atoms with Crippen LogP contribution in [-0.2, 0) is 16.0 Å². The highest BCUT2D eigenvalue weighted by Gasteiger charge is 2.18. The molecular formula is C20H17NO7. The summed E-state index contributed by atoms with van der Waals surface area (Å²) >= 11 is 0. The molecule has 3 rings (SSSR count). The van der Waals surface area contributed by atoms with Crippen LogP contribution in [0.4, 0.5) is 5.69 Å². The SMILES string of the molecule is COC(=O)c1ccc(NC(=O)Cc2c(C)c3c(O)cc(O)cc3oc2=O)cc1. The minimum absolute atomic E-state index is 0.0301. The first-order valence-electron chi connectivity index (χ1n) is 8.26. The second-order valence-electron chi connectivity index (χ2n) is 6.12. The number of carbonyl (C=O) groups is 2. The van der Waals surface area contributed by atoms with Crippen LogP contribution in [0.25, 0.3) is 11.0 Å². The average molecular weight is 383 g/mol. The van der Waals surface area contributed by atoms with Crippen LogP contribution >= 0.6 is 0 Å². The molecule has 0 spiro atoms. The van der Waals surface area contributed by atoms with Gasteiger partial charge in [-0.15, -0.1) is 0 Å². The fraction of sp³-hybridized carbons (Fsp3) is 0.150. The summed E-state index contributed by atoms with van der Waals surface area (Å²) in [4.78, 5) is 36.0. The van der Waals surface area contributed by atoms with E-state index in [9.17, 15) is 24.6 Å². The molecule has 0 aliphatic carbocycles. The predicted molar refractivity (Wildman–Crippen MR) is 101 cm³/mol. The zero-order valence-electron chi connectivity index (χ0n) is 15.1. The number of nitrogens with one attached hydrogen (secondary N) is 1. The number of hydrogen-bond acceptors (Lipinski definition) is 7. The Kier molecular flexibility index (Phi) is 5.04. The van der Waals surface area contributed by atoms with Gasteiger partial charge >= 0.3 is 11.6 Å². The number of aryl methyl sites for hydroxylation is 1. The van der Waals surface area contributed by atoms with E-state index in [0.29, 0.717) is 16.8 Å². The molecule has 0 aliphatic heterocycles. The van der Waals surface area contributed by atoms with Gasteiger partial charge in [-0.2, -0.15) is 0 Å². The third-order valence-electron chi connectivity index (χ3n) is 4.27. The Labute approximate surface area is 159 Å². The minimum atomic E-state index is -0.730. The van der Waals surface area contributed by atoms with Gasteiger partial charge in [-0.05, 0) is 36.8 Å². The van der Waals surface area contributed by atoms with E-state index < -0.39 is 17.5 Å². The van der Waals surface area contributed by atoms with Crippen molar-refractivity contribution >= 4 is 28.5 Å². The van der Waals surface area contributed by atoms with Crippen LogP contribution in [0.3, 0.4) is 0 Å². The van der Waals surface area contributed by atoms with Crippen molar-refractivity contribution in [2.45, 2.75) is 13.3 Å². The molecule has 144 valence electrons. The van der Waals surface area contributed by atoms with Crippen LogP contribution in [0.2, 0.25) is 0 Å². The van der Waals surface area contributed by atoms with Gasteiger partial charge in [-0.25, -0.2) is 9.59 Å². The van der Waals surface area contributed by atoms with E-state index >= 15 is 0 Å². The zero-order valence-corrected chi connectivity index (χ0v) is 15.1. The van der Waals surface area contributed by atoms with Gasteiger partial charge in [0, 0.05) is 17.8 Å². The molecule has 1 heterocycles. The number of anilines is 1. The average Bonchev–Trinajstić information content (AvgIpc) is 2.64. The first-order chi connectivity index (χ1) is 13.3. The summed E-state index contributed by atoms with van der Waals surface area (Å²) in [5.41, 5.74) is 0.560. The van der Waals surface area contributed by atoms with Gasteiger partial charge in [0.15, 0.2) is 0 Å². The van der Waals surface area contributed by atoms with Gasteiger partial charge in [-0.3, -0.25) is 4.79 Å². The molecule has 2 aromatic carbocycles. The predicted octanol–water partition coefficient (Wildman–Crippen LogP) is 2.48. The quantitative estimate of drug-likeness (QED) is 0.467. The molecule has 0 saturated carbocycles. The molecule has 28 heavy (non-hydrogen) atoms. The summed E-state index contributed by atoms with van der Waals surface area (Å²) in [6.07, 6.45) is -0.275. The standard InChI is InChI=1S/C20H17NO7/c1-10-14(20(26)28-16-8-13(22)7-15(23)18(10)16)9-17(24)21-12-5-3-11(4-6-12)19(25)27-2/h3-8,22-23H,9H2,1-2H3,(H,21,24). The van der Waals surface area contributed by atoms with Crippen LogP contribution in [0.5, 0.6) is 11.5 Å². The molecule has 0 aliphatic rings.